The largest absolute Gasteiger partial charge is 0.490 e. The summed E-state index contributed by atoms with van der Waals surface area (Å²) in [6.45, 7) is 9.53. The molecule has 4 nitrogen and oxygen atoms in total. The Hall–Kier alpha value is -1.46. The summed E-state index contributed by atoms with van der Waals surface area (Å²) in [5.41, 5.74) is 2.15. The molecule has 0 saturated carbocycles. The zero-order valence-corrected chi connectivity index (χ0v) is 18.4. The second-order valence-electron chi connectivity index (χ2n) is 6.54. The summed E-state index contributed by atoms with van der Waals surface area (Å²) in [6.07, 6.45) is 1.25. The molecule has 0 amide bonds. The van der Waals surface area contributed by atoms with Crippen LogP contribution in [-0.2, 0) is 17.9 Å². The molecule has 0 aromatic heterocycles. The van der Waals surface area contributed by atoms with Crippen LogP contribution in [0.1, 0.15) is 38.3 Å². The molecule has 0 atom stereocenters. The quantitative estimate of drug-likeness (QED) is 0.444. The summed E-state index contributed by atoms with van der Waals surface area (Å²) in [6, 6.07) is 13.7. The summed E-state index contributed by atoms with van der Waals surface area (Å²) in [4.78, 5) is 0. The average Bonchev–Trinajstić information content (AvgIpc) is 2.65. The maximum Gasteiger partial charge on any atom is 0.166 e. The van der Waals surface area contributed by atoms with E-state index >= 15 is 0 Å². The van der Waals surface area contributed by atoms with Crippen molar-refractivity contribution in [3.63, 3.8) is 0 Å². The van der Waals surface area contributed by atoms with Gasteiger partial charge in [-0.25, -0.2) is 0 Å². The molecule has 0 fully saturated rings. The van der Waals surface area contributed by atoms with Crippen LogP contribution in [0.5, 0.6) is 11.5 Å². The summed E-state index contributed by atoms with van der Waals surface area (Å²) >= 11 is 5.95. The predicted octanol–water partition coefficient (Wildman–Crippen LogP) is 5.64. The Labute approximate surface area is 179 Å². The van der Waals surface area contributed by atoms with Crippen molar-refractivity contribution in [1.82, 2.24) is 5.32 Å². The van der Waals surface area contributed by atoms with Crippen LogP contribution in [0.25, 0.3) is 0 Å². The Balaban J connectivity index is 0.00000392. The number of hydrogen-bond donors (Lipinski definition) is 1. The van der Waals surface area contributed by atoms with Gasteiger partial charge in [0.15, 0.2) is 11.5 Å². The van der Waals surface area contributed by atoms with Crippen molar-refractivity contribution in [2.24, 2.45) is 0 Å². The standard InChI is InChI=1S/C22H30ClNO3.ClH/c1-4-25-21-8-5-7-19(15-24-13-6-14-26-17(2)3)22(21)27-16-18-9-11-20(23)12-10-18;/h5,7-12,17,24H,4,6,13-16H2,1-3H3;1H. The molecule has 2 aromatic carbocycles. The normalized spacial score (nSPS) is 10.6. The minimum absolute atomic E-state index is 0. The van der Waals surface area contributed by atoms with Gasteiger partial charge in [-0.1, -0.05) is 35.9 Å². The van der Waals surface area contributed by atoms with Gasteiger partial charge in [-0.3, -0.25) is 0 Å². The van der Waals surface area contributed by atoms with E-state index in [0.717, 1.165) is 53.8 Å². The SMILES string of the molecule is CCOc1cccc(CNCCCOC(C)C)c1OCc1ccc(Cl)cc1.Cl. The maximum atomic E-state index is 6.12. The zero-order chi connectivity index (χ0) is 19.5. The molecule has 0 unspecified atom stereocenters. The molecule has 0 radical (unpaired) electrons. The van der Waals surface area contributed by atoms with Crippen LogP contribution in [0.4, 0.5) is 0 Å². The second kappa shape index (κ2) is 13.7. The van der Waals surface area contributed by atoms with Gasteiger partial charge in [0, 0.05) is 23.7 Å². The lowest BCUT2D eigenvalue weighted by Gasteiger charge is -2.17. The molecule has 0 saturated heterocycles. The second-order valence-corrected chi connectivity index (χ2v) is 6.98. The van der Waals surface area contributed by atoms with Crippen LogP contribution in [0.15, 0.2) is 42.5 Å². The van der Waals surface area contributed by atoms with Crippen LogP contribution >= 0.6 is 24.0 Å². The predicted molar refractivity (Wildman–Crippen MR) is 118 cm³/mol. The fourth-order valence-corrected chi connectivity index (χ4v) is 2.73. The van der Waals surface area contributed by atoms with Gasteiger partial charge >= 0.3 is 0 Å². The number of para-hydroxylation sites is 1. The van der Waals surface area contributed by atoms with Crippen molar-refractivity contribution in [2.75, 3.05) is 19.8 Å². The van der Waals surface area contributed by atoms with Crippen LogP contribution in [0.3, 0.4) is 0 Å². The van der Waals surface area contributed by atoms with E-state index in [2.05, 4.69) is 25.2 Å². The first-order valence-corrected chi connectivity index (χ1v) is 9.92. The van der Waals surface area contributed by atoms with Crippen LogP contribution in [0.2, 0.25) is 5.02 Å². The highest BCUT2D eigenvalue weighted by atomic mass is 35.5. The van der Waals surface area contributed by atoms with Gasteiger partial charge in [-0.15, -0.1) is 12.4 Å². The number of halogens is 2. The molecule has 2 aromatic rings. The Morgan fingerprint density at radius 3 is 2.46 bits per heavy atom. The molecule has 0 heterocycles. The molecule has 1 N–H and O–H groups in total. The Morgan fingerprint density at radius 2 is 1.79 bits per heavy atom. The van der Waals surface area contributed by atoms with Crippen molar-refractivity contribution in [2.45, 2.75) is 46.4 Å². The third-order valence-electron chi connectivity index (χ3n) is 3.92. The molecule has 28 heavy (non-hydrogen) atoms. The molecule has 2 rings (SSSR count). The van der Waals surface area contributed by atoms with Gasteiger partial charge in [0.25, 0.3) is 0 Å². The van der Waals surface area contributed by atoms with E-state index in [-0.39, 0.29) is 18.5 Å². The fourth-order valence-electron chi connectivity index (χ4n) is 2.61. The van der Waals surface area contributed by atoms with E-state index in [0.29, 0.717) is 13.2 Å². The monoisotopic (exact) mass is 427 g/mol. The first-order chi connectivity index (χ1) is 13.1. The highest BCUT2D eigenvalue weighted by Crippen LogP contribution is 2.32. The first kappa shape index (κ1) is 24.6. The van der Waals surface area contributed by atoms with Crippen molar-refractivity contribution in [3.05, 3.63) is 58.6 Å². The third-order valence-corrected chi connectivity index (χ3v) is 4.17. The zero-order valence-electron chi connectivity index (χ0n) is 16.9. The lowest BCUT2D eigenvalue weighted by molar-refractivity contribution is 0.0770. The van der Waals surface area contributed by atoms with Crippen molar-refractivity contribution in [1.29, 1.82) is 0 Å². The third kappa shape index (κ3) is 8.70. The molecular formula is C22H31Cl2NO3. The number of hydrogen-bond acceptors (Lipinski definition) is 4. The minimum atomic E-state index is 0. The lowest BCUT2D eigenvalue weighted by atomic mass is 10.1. The van der Waals surface area contributed by atoms with Gasteiger partial charge in [0.1, 0.15) is 6.61 Å². The highest BCUT2D eigenvalue weighted by molar-refractivity contribution is 6.30. The number of ether oxygens (including phenoxy) is 3. The summed E-state index contributed by atoms with van der Waals surface area (Å²) in [5.74, 6) is 1.56. The van der Waals surface area contributed by atoms with Gasteiger partial charge in [-0.05, 0) is 57.5 Å². The Bertz CT molecular complexity index is 678. The van der Waals surface area contributed by atoms with Crippen molar-refractivity contribution >= 4 is 24.0 Å². The minimum Gasteiger partial charge on any atom is -0.490 e. The van der Waals surface area contributed by atoms with Gasteiger partial charge in [0.2, 0.25) is 0 Å². The van der Waals surface area contributed by atoms with Crippen LogP contribution < -0.4 is 14.8 Å². The maximum absolute atomic E-state index is 6.12. The van der Waals surface area contributed by atoms with E-state index in [1.165, 1.54) is 0 Å². The number of benzene rings is 2. The lowest BCUT2D eigenvalue weighted by Crippen LogP contribution is -2.18. The van der Waals surface area contributed by atoms with E-state index in [4.69, 9.17) is 25.8 Å². The summed E-state index contributed by atoms with van der Waals surface area (Å²) in [5, 5.41) is 4.18. The highest BCUT2D eigenvalue weighted by Gasteiger charge is 2.11. The van der Waals surface area contributed by atoms with Crippen molar-refractivity contribution in [3.8, 4) is 11.5 Å². The molecule has 0 spiro atoms. The molecule has 0 aliphatic rings. The van der Waals surface area contributed by atoms with E-state index in [1.807, 2.05) is 43.3 Å². The average molecular weight is 428 g/mol. The molecule has 6 heteroatoms. The Morgan fingerprint density at radius 1 is 1.04 bits per heavy atom. The smallest absolute Gasteiger partial charge is 0.166 e. The molecule has 0 aliphatic carbocycles. The topological polar surface area (TPSA) is 39.7 Å². The number of rotatable bonds is 12. The molecule has 156 valence electrons. The fraction of sp³-hybridized carbons (Fsp3) is 0.455. The van der Waals surface area contributed by atoms with Crippen molar-refractivity contribution < 1.29 is 14.2 Å². The number of nitrogens with one attached hydrogen (secondary N) is 1. The summed E-state index contributed by atoms with van der Waals surface area (Å²) < 4.78 is 17.5. The summed E-state index contributed by atoms with van der Waals surface area (Å²) in [7, 11) is 0. The van der Waals surface area contributed by atoms with E-state index in [1.54, 1.807) is 0 Å². The molecule has 0 aliphatic heterocycles. The molecular weight excluding hydrogens is 397 g/mol. The Kier molecular flexibility index (Phi) is 12.0. The van der Waals surface area contributed by atoms with Gasteiger partial charge in [-0.2, -0.15) is 0 Å². The van der Waals surface area contributed by atoms with Crippen LogP contribution in [-0.4, -0.2) is 25.9 Å². The van der Waals surface area contributed by atoms with E-state index < -0.39 is 0 Å². The van der Waals surface area contributed by atoms with E-state index in [9.17, 15) is 0 Å². The van der Waals surface area contributed by atoms with Gasteiger partial charge in [0.05, 0.1) is 12.7 Å². The van der Waals surface area contributed by atoms with Crippen LogP contribution in [0, 0.1) is 0 Å². The first-order valence-electron chi connectivity index (χ1n) is 9.54. The van der Waals surface area contributed by atoms with Gasteiger partial charge < -0.3 is 19.5 Å². The molecule has 0 bridgehead atoms.